The number of thiophene rings is 1. The number of carbonyl (C=O) groups is 2. The highest BCUT2D eigenvalue weighted by atomic mass is 32.1. The second-order valence-corrected chi connectivity index (χ2v) is 12.6. The van der Waals surface area contributed by atoms with Crippen molar-refractivity contribution in [3.8, 4) is 11.1 Å². The molecule has 0 radical (unpaired) electrons. The number of nitrogens with one attached hydrogen (secondary N) is 1. The zero-order chi connectivity index (χ0) is 25.1. The molecule has 37 heavy (non-hydrogen) atoms. The van der Waals surface area contributed by atoms with Gasteiger partial charge in [-0.15, -0.1) is 11.3 Å². The number of carbonyl (C=O) groups excluding carboxylic acids is 2. The highest BCUT2D eigenvalue weighted by molar-refractivity contribution is 7.19. The number of hydrogen-bond donors (Lipinski definition) is 1. The van der Waals surface area contributed by atoms with Gasteiger partial charge in [0.2, 0.25) is 11.8 Å². The van der Waals surface area contributed by atoms with Gasteiger partial charge in [-0.1, -0.05) is 11.6 Å². The van der Waals surface area contributed by atoms with Crippen LogP contribution in [0, 0.1) is 6.92 Å². The summed E-state index contributed by atoms with van der Waals surface area (Å²) in [7, 11) is 0. The first kappa shape index (κ1) is 23.4. The van der Waals surface area contributed by atoms with Crippen molar-refractivity contribution in [1.29, 1.82) is 0 Å². The van der Waals surface area contributed by atoms with Crippen molar-refractivity contribution in [1.82, 2.24) is 15.2 Å². The molecule has 1 spiro atoms. The summed E-state index contributed by atoms with van der Waals surface area (Å²) in [6.45, 7) is 4.84. The summed E-state index contributed by atoms with van der Waals surface area (Å²) in [5.41, 5.74) is 8.02. The molecule has 1 aliphatic carbocycles. The number of aromatic nitrogens is 1. The van der Waals surface area contributed by atoms with Gasteiger partial charge >= 0.3 is 0 Å². The summed E-state index contributed by atoms with van der Waals surface area (Å²) < 4.78 is 1.15. The number of anilines is 1. The number of nitrogens with zero attached hydrogens (tertiary/aromatic N) is 3. The molecule has 2 aromatic heterocycles. The maximum Gasteiger partial charge on any atom is 0.230 e. The van der Waals surface area contributed by atoms with Gasteiger partial charge in [0, 0.05) is 58.9 Å². The van der Waals surface area contributed by atoms with Crippen molar-refractivity contribution < 1.29 is 9.59 Å². The summed E-state index contributed by atoms with van der Waals surface area (Å²) >= 11 is 1.68. The number of fused-ring (bicyclic) bond motifs is 2. The average Bonchev–Trinajstić information content (AvgIpc) is 3.69. The van der Waals surface area contributed by atoms with E-state index in [1.807, 2.05) is 6.20 Å². The number of amides is 2. The summed E-state index contributed by atoms with van der Waals surface area (Å²) in [5, 5.41) is 3.86. The van der Waals surface area contributed by atoms with E-state index >= 15 is 0 Å². The molecule has 2 atom stereocenters. The third-order valence-corrected chi connectivity index (χ3v) is 10.2. The second kappa shape index (κ2) is 8.91. The van der Waals surface area contributed by atoms with E-state index in [1.165, 1.54) is 71.4 Å². The van der Waals surface area contributed by atoms with Gasteiger partial charge in [0.15, 0.2) is 0 Å². The molecule has 7 rings (SSSR count). The Bertz CT molecular complexity index is 1390. The van der Waals surface area contributed by atoms with Crippen LogP contribution < -0.4 is 10.2 Å². The Morgan fingerprint density at radius 2 is 1.95 bits per heavy atom. The van der Waals surface area contributed by atoms with Gasteiger partial charge in [-0.25, -0.2) is 0 Å². The smallest absolute Gasteiger partial charge is 0.230 e. The lowest BCUT2D eigenvalue weighted by Gasteiger charge is -2.39. The molecule has 3 aromatic rings. The van der Waals surface area contributed by atoms with E-state index in [0.29, 0.717) is 31.0 Å². The van der Waals surface area contributed by atoms with Gasteiger partial charge in [-0.05, 0) is 82.2 Å². The normalized spacial score (nSPS) is 25.7. The van der Waals surface area contributed by atoms with Crippen LogP contribution in [0.5, 0.6) is 0 Å². The van der Waals surface area contributed by atoms with E-state index < -0.39 is 0 Å². The molecule has 6 nitrogen and oxygen atoms in total. The van der Waals surface area contributed by atoms with Gasteiger partial charge in [-0.2, -0.15) is 0 Å². The van der Waals surface area contributed by atoms with Gasteiger partial charge in [0.05, 0.1) is 16.8 Å². The van der Waals surface area contributed by atoms with E-state index in [1.54, 1.807) is 11.3 Å². The summed E-state index contributed by atoms with van der Waals surface area (Å²) in [6, 6.07) is 9.55. The van der Waals surface area contributed by atoms with Gasteiger partial charge in [-0.3, -0.25) is 19.5 Å². The number of rotatable bonds is 4. The highest BCUT2D eigenvalue weighted by Gasteiger charge is 2.44. The Hall–Kier alpha value is -2.77. The second-order valence-electron chi connectivity index (χ2n) is 11.5. The minimum Gasteiger partial charge on any atom is -0.368 e. The predicted octanol–water partition coefficient (Wildman–Crippen LogP) is 5.35. The third kappa shape index (κ3) is 3.98. The van der Waals surface area contributed by atoms with Crippen LogP contribution in [0.25, 0.3) is 21.3 Å². The Balaban J connectivity index is 1.29. The maximum absolute atomic E-state index is 12.2. The predicted molar refractivity (Wildman–Crippen MR) is 148 cm³/mol. The van der Waals surface area contributed by atoms with Crippen molar-refractivity contribution in [2.45, 2.75) is 82.8 Å². The van der Waals surface area contributed by atoms with E-state index in [-0.39, 0.29) is 11.8 Å². The monoisotopic (exact) mass is 514 g/mol. The van der Waals surface area contributed by atoms with Crippen LogP contribution in [0.4, 0.5) is 5.69 Å². The fourth-order valence-electron chi connectivity index (χ4n) is 7.36. The molecule has 1 N–H and O–H groups in total. The SMILES string of the molecule is Cc1cc2c(c(-c3ccnc4cc(CN5C(=O)CCC5=O)sc34)c1)N([C@@H]1CC[C@]3(CCCN3)C1)CCC2. The summed E-state index contributed by atoms with van der Waals surface area (Å²) in [4.78, 5) is 34.3. The van der Waals surface area contributed by atoms with E-state index in [4.69, 9.17) is 0 Å². The number of aryl methyl sites for hydroxylation is 2. The van der Waals surface area contributed by atoms with E-state index in [0.717, 1.165) is 34.6 Å². The fraction of sp³-hybridized carbons (Fsp3) is 0.500. The van der Waals surface area contributed by atoms with Crippen LogP contribution >= 0.6 is 11.3 Å². The maximum atomic E-state index is 12.2. The van der Waals surface area contributed by atoms with Crippen LogP contribution in [-0.4, -0.2) is 46.4 Å². The largest absolute Gasteiger partial charge is 0.368 e. The molecule has 4 aliphatic rings. The number of imide groups is 1. The Labute approximate surface area is 222 Å². The molecular formula is C30H34N4O2S. The molecular weight excluding hydrogens is 480 g/mol. The molecule has 0 unspecified atom stereocenters. The molecule has 3 aliphatic heterocycles. The number of likely N-dealkylation sites (tertiary alicyclic amines) is 1. The first-order chi connectivity index (χ1) is 18.0. The molecule has 3 fully saturated rings. The molecule has 1 saturated carbocycles. The van der Waals surface area contributed by atoms with Crippen molar-refractivity contribution in [3.05, 3.63) is 46.5 Å². The Morgan fingerprint density at radius 3 is 2.76 bits per heavy atom. The lowest BCUT2D eigenvalue weighted by molar-refractivity contribution is -0.138. The van der Waals surface area contributed by atoms with E-state index in [9.17, 15) is 9.59 Å². The highest BCUT2D eigenvalue weighted by Crippen LogP contribution is 2.47. The van der Waals surface area contributed by atoms with Crippen molar-refractivity contribution in [2.24, 2.45) is 0 Å². The number of hydrogen-bond acceptors (Lipinski definition) is 6. The first-order valence-corrected chi connectivity index (χ1v) is 14.7. The van der Waals surface area contributed by atoms with Crippen LogP contribution in [0.15, 0.2) is 30.5 Å². The number of benzene rings is 1. The van der Waals surface area contributed by atoms with Crippen molar-refractivity contribution in [3.63, 3.8) is 0 Å². The van der Waals surface area contributed by atoms with Crippen LogP contribution in [0.1, 0.15) is 67.4 Å². The Kier molecular flexibility index (Phi) is 5.63. The van der Waals surface area contributed by atoms with Gasteiger partial charge < -0.3 is 10.2 Å². The third-order valence-electron chi connectivity index (χ3n) is 9.04. The zero-order valence-corrected chi connectivity index (χ0v) is 22.3. The quantitative estimate of drug-likeness (QED) is 0.476. The van der Waals surface area contributed by atoms with Gasteiger partial charge in [0.1, 0.15) is 0 Å². The molecule has 192 valence electrons. The molecule has 0 bridgehead atoms. The van der Waals surface area contributed by atoms with Gasteiger partial charge in [0.25, 0.3) is 0 Å². The molecule has 1 aromatic carbocycles. The van der Waals surface area contributed by atoms with Crippen LogP contribution in [0.2, 0.25) is 0 Å². The van der Waals surface area contributed by atoms with Crippen molar-refractivity contribution >= 4 is 39.1 Å². The summed E-state index contributed by atoms with van der Waals surface area (Å²) in [6.07, 6.45) is 11.3. The molecule has 2 amide bonds. The van der Waals surface area contributed by atoms with Crippen LogP contribution in [-0.2, 0) is 22.6 Å². The van der Waals surface area contributed by atoms with E-state index in [2.05, 4.69) is 46.4 Å². The summed E-state index contributed by atoms with van der Waals surface area (Å²) in [5.74, 6) is -0.129. The zero-order valence-electron chi connectivity index (χ0n) is 21.5. The van der Waals surface area contributed by atoms with Crippen molar-refractivity contribution in [2.75, 3.05) is 18.0 Å². The van der Waals surface area contributed by atoms with Crippen LogP contribution in [0.3, 0.4) is 0 Å². The topological polar surface area (TPSA) is 65.5 Å². The Morgan fingerprint density at radius 1 is 1.08 bits per heavy atom. The number of pyridine rings is 1. The molecule has 5 heterocycles. The lowest BCUT2D eigenvalue weighted by atomic mass is 9.90. The standard InChI is InChI=1S/C30H34N4O2S/c1-19-14-20-4-2-13-33(21-7-10-30(17-21)9-3-11-32-30)28(20)24(15-19)23-8-12-31-25-16-22(37-29(23)25)18-34-26(35)5-6-27(34)36/h8,12,14-16,21,32H,2-7,9-11,13,17-18H2,1H3/t21-,30-/m1/s1. The lowest BCUT2D eigenvalue weighted by Crippen LogP contribution is -2.42. The fourth-order valence-corrected chi connectivity index (χ4v) is 8.49. The molecule has 7 heteroatoms. The minimum atomic E-state index is -0.0647. The average molecular weight is 515 g/mol. The first-order valence-electron chi connectivity index (χ1n) is 13.9. The molecule has 2 saturated heterocycles. The minimum absolute atomic E-state index is 0.0647.